The number of carbonyl (C=O) groups is 1. The quantitative estimate of drug-likeness (QED) is 0.826. The largest absolute Gasteiger partial charge is 0.504 e. The Morgan fingerprint density at radius 1 is 1.35 bits per heavy atom. The van der Waals surface area contributed by atoms with Crippen molar-refractivity contribution in [2.24, 2.45) is 0 Å². The zero-order valence-corrected chi connectivity index (χ0v) is 10.2. The number of halogens is 3. The van der Waals surface area contributed by atoms with Gasteiger partial charge in [-0.3, -0.25) is 4.79 Å². The summed E-state index contributed by atoms with van der Waals surface area (Å²) >= 11 is 2.88. The fourth-order valence-corrected chi connectivity index (χ4v) is 2.47. The molecule has 1 fully saturated rings. The van der Waals surface area contributed by atoms with Crippen molar-refractivity contribution in [1.29, 1.82) is 0 Å². The molecule has 17 heavy (non-hydrogen) atoms. The van der Waals surface area contributed by atoms with Crippen LogP contribution in [0.25, 0.3) is 0 Å². The molecular formula is C11H9BrF2O3. The van der Waals surface area contributed by atoms with Gasteiger partial charge in [-0.15, -0.1) is 0 Å². The van der Waals surface area contributed by atoms with Crippen molar-refractivity contribution in [3.8, 4) is 5.75 Å². The fourth-order valence-electron chi connectivity index (χ4n) is 2.06. The number of phenols is 1. The summed E-state index contributed by atoms with van der Waals surface area (Å²) in [6.45, 7) is 0. The predicted molar refractivity (Wildman–Crippen MR) is 58.9 cm³/mol. The molecule has 0 atom stereocenters. The van der Waals surface area contributed by atoms with E-state index >= 15 is 0 Å². The van der Waals surface area contributed by atoms with E-state index in [4.69, 9.17) is 5.11 Å². The van der Waals surface area contributed by atoms with E-state index in [2.05, 4.69) is 15.9 Å². The van der Waals surface area contributed by atoms with Crippen LogP contribution in [0, 0.1) is 11.6 Å². The number of aromatic hydroxyl groups is 1. The molecule has 2 N–H and O–H groups in total. The molecule has 0 spiro atoms. The first kappa shape index (κ1) is 12.3. The zero-order valence-electron chi connectivity index (χ0n) is 8.64. The smallest absolute Gasteiger partial charge is 0.314 e. The topological polar surface area (TPSA) is 57.5 Å². The van der Waals surface area contributed by atoms with Gasteiger partial charge in [0.25, 0.3) is 0 Å². The maximum atomic E-state index is 13.7. The highest BCUT2D eigenvalue weighted by Crippen LogP contribution is 2.47. The van der Waals surface area contributed by atoms with Gasteiger partial charge in [-0.25, -0.2) is 4.39 Å². The van der Waals surface area contributed by atoms with Crippen molar-refractivity contribution in [1.82, 2.24) is 0 Å². The highest BCUT2D eigenvalue weighted by atomic mass is 79.9. The van der Waals surface area contributed by atoms with E-state index in [0.29, 0.717) is 6.42 Å². The lowest BCUT2D eigenvalue weighted by molar-refractivity contribution is -0.147. The Kier molecular flexibility index (Phi) is 2.85. The van der Waals surface area contributed by atoms with Gasteiger partial charge in [0.2, 0.25) is 5.82 Å². The van der Waals surface area contributed by atoms with Gasteiger partial charge >= 0.3 is 5.97 Å². The SMILES string of the molecule is O=C(O)C1(c2cc(Br)c(O)c(F)c2F)CCC1. The van der Waals surface area contributed by atoms with E-state index in [1.807, 2.05) is 0 Å². The third-order valence-electron chi connectivity index (χ3n) is 3.27. The van der Waals surface area contributed by atoms with E-state index in [9.17, 15) is 18.7 Å². The van der Waals surface area contributed by atoms with Crippen LogP contribution >= 0.6 is 15.9 Å². The van der Waals surface area contributed by atoms with Crippen LogP contribution < -0.4 is 0 Å². The second-order valence-corrected chi connectivity index (χ2v) is 4.98. The van der Waals surface area contributed by atoms with Crippen molar-refractivity contribution in [3.05, 3.63) is 27.7 Å². The van der Waals surface area contributed by atoms with Gasteiger partial charge < -0.3 is 10.2 Å². The Morgan fingerprint density at radius 3 is 2.35 bits per heavy atom. The van der Waals surface area contributed by atoms with Gasteiger partial charge in [0, 0.05) is 5.56 Å². The van der Waals surface area contributed by atoms with Crippen LogP contribution in [0.15, 0.2) is 10.5 Å². The molecule has 0 aromatic heterocycles. The maximum Gasteiger partial charge on any atom is 0.314 e. The van der Waals surface area contributed by atoms with Crippen molar-refractivity contribution >= 4 is 21.9 Å². The molecule has 0 radical (unpaired) electrons. The van der Waals surface area contributed by atoms with Gasteiger partial charge in [-0.1, -0.05) is 6.42 Å². The second kappa shape index (κ2) is 3.94. The Morgan fingerprint density at radius 2 is 1.94 bits per heavy atom. The van der Waals surface area contributed by atoms with Gasteiger partial charge in [0.15, 0.2) is 11.6 Å². The normalized spacial score (nSPS) is 17.6. The minimum atomic E-state index is -1.41. The number of phenolic OH excluding ortho intramolecular Hbond substituents is 1. The summed E-state index contributed by atoms with van der Waals surface area (Å²) in [5.41, 5.74) is -1.57. The number of aliphatic carboxylic acids is 1. The molecule has 0 saturated heterocycles. The lowest BCUT2D eigenvalue weighted by atomic mass is 9.64. The highest BCUT2D eigenvalue weighted by molar-refractivity contribution is 9.10. The van der Waals surface area contributed by atoms with E-state index in [-0.39, 0.29) is 22.9 Å². The molecule has 6 heteroatoms. The van der Waals surface area contributed by atoms with Crippen LogP contribution in [-0.2, 0) is 10.2 Å². The first-order chi connectivity index (χ1) is 7.90. The second-order valence-electron chi connectivity index (χ2n) is 4.12. The Hall–Kier alpha value is -1.17. The molecule has 0 heterocycles. The molecule has 92 valence electrons. The Bertz CT molecular complexity index is 498. The third kappa shape index (κ3) is 1.62. The van der Waals surface area contributed by atoms with Crippen molar-refractivity contribution in [2.45, 2.75) is 24.7 Å². The summed E-state index contributed by atoms with van der Waals surface area (Å²) in [6, 6.07) is 1.14. The summed E-state index contributed by atoms with van der Waals surface area (Å²) in [4.78, 5) is 11.2. The first-order valence-electron chi connectivity index (χ1n) is 5.00. The summed E-state index contributed by atoms with van der Waals surface area (Å²) < 4.78 is 27.0. The number of rotatable bonds is 2. The van der Waals surface area contributed by atoms with Crippen LogP contribution in [-0.4, -0.2) is 16.2 Å². The Labute approximate surface area is 104 Å². The number of benzene rings is 1. The predicted octanol–water partition coefficient (Wildman–Crippen LogP) is 2.94. The average molecular weight is 307 g/mol. The van der Waals surface area contributed by atoms with E-state index in [1.165, 1.54) is 0 Å². The number of carboxylic acids is 1. The first-order valence-corrected chi connectivity index (χ1v) is 5.80. The minimum absolute atomic E-state index is 0.0427. The summed E-state index contributed by atoms with van der Waals surface area (Å²) in [6.07, 6.45) is 1.21. The molecule has 3 nitrogen and oxygen atoms in total. The molecule has 1 aliphatic rings. The van der Waals surface area contributed by atoms with E-state index in [0.717, 1.165) is 6.07 Å². The van der Waals surface area contributed by atoms with Gasteiger partial charge in [0.1, 0.15) is 0 Å². The van der Waals surface area contributed by atoms with Crippen LogP contribution in [0.3, 0.4) is 0 Å². The molecule has 0 amide bonds. The van der Waals surface area contributed by atoms with Gasteiger partial charge in [-0.05, 0) is 34.8 Å². The molecule has 1 aromatic carbocycles. The molecule has 2 rings (SSSR count). The minimum Gasteiger partial charge on any atom is -0.504 e. The van der Waals surface area contributed by atoms with Gasteiger partial charge in [-0.2, -0.15) is 4.39 Å². The van der Waals surface area contributed by atoms with Crippen LogP contribution in [0.2, 0.25) is 0 Å². The zero-order chi connectivity index (χ0) is 12.8. The van der Waals surface area contributed by atoms with Crippen LogP contribution in [0.5, 0.6) is 5.75 Å². The molecule has 1 saturated carbocycles. The molecule has 1 aromatic rings. The highest BCUT2D eigenvalue weighted by Gasteiger charge is 2.48. The average Bonchev–Trinajstić information content (AvgIpc) is 2.20. The monoisotopic (exact) mass is 306 g/mol. The molecule has 0 aliphatic heterocycles. The molecule has 0 unspecified atom stereocenters. The van der Waals surface area contributed by atoms with Gasteiger partial charge in [0.05, 0.1) is 9.89 Å². The number of hydrogen-bond acceptors (Lipinski definition) is 2. The van der Waals surface area contributed by atoms with Crippen molar-refractivity contribution in [2.75, 3.05) is 0 Å². The van der Waals surface area contributed by atoms with E-state index < -0.39 is 28.8 Å². The molecule has 0 bridgehead atoms. The lowest BCUT2D eigenvalue weighted by Gasteiger charge is -2.38. The Balaban J connectivity index is 2.64. The van der Waals surface area contributed by atoms with Crippen molar-refractivity contribution < 1.29 is 23.8 Å². The summed E-state index contributed by atoms with van der Waals surface area (Å²) in [7, 11) is 0. The third-order valence-corrected chi connectivity index (χ3v) is 3.87. The lowest BCUT2D eigenvalue weighted by Crippen LogP contribution is -2.43. The standard InChI is InChI=1S/C11H9BrF2O3/c12-6-4-5(7(13)8(14)9(6)15)11(10(16)17)2-1-3-11/h4,15H,1-3H2,(H,16,17). The number of carboxylic acid groups (broad SMARTS) is 1. The number of hydrogen-bond donors (Lipinski definition) is 2. The van der Waals surface area contributed by atoms with Crippen LogP contribution in [0.1, 0.15) is 24.8 Å². The van der Waals surface area contributed by atoms with Crippen molar-refractivity contribution in [3.63, 3.8) is 0 Å². The fraction of sp³-hybridized carbons (Fsp3) is 0.364. The molecular weight excluding hydrogens is 298 g/mol. The molecule has 1 aliphatic carbocycles. The van der Waals surface area contributed by atoms with Crippen LogP contribution in [0.4, 0.5) is 8.78 Å². The van der Waals surface area contributed by atoms with E-state index in [1.54, 1.807) is 0 Å². The maximum absolute atomic E-state index is 13.7. The summed E-state index contributed by atoms with van der Waals surface area (Å²) in [5, 5.41) is 18.3. The summed E-state index contributed by atoms with van der Waals surface area (Å²) in [5.74, 6) is -4.71.